The lowest BCUT2D eigenvalue weighted by atomic mass is 9.85. The van der Waals surface area contributed by atoms with Crippen molar-refractivity contribution < 1.29 is 9.53 Å². The van der Waals surface area contributed by atoms with Crippen molar-refractivity contribution >= 4 is 23.2 Å². The van der Waals surface area contributed by atoms with Gasteiger partial charge < -0.3 is 9.64 Å². The number of nitrogens with zero attached hydrogens (tertiary/aromatic N) is 6. The fourth-order valence-corrected chi connectivity index (χ4v) is 3.68. The zero-order valence-electron chi connectivity index (χ0n) is 18.5. The van der Waals surface area contributed by atoms with Gasteiger partial charge in [0.25, 0.3) is 0 Å². The molecule has 160 valence electrons. The Labute approximate surface area is 181 Å². The highest BCUT2D eigenvalue weighted by atomic mass is 16.5. The summed E-state index contributed by atoms with van der Waals surface area (Å²) < 4.78 is 5.15. The van der Waals surface area contributed by atoms with Crippen molar-refractivity contribution in [3.8, 4) is 11.1 Å². The minimum atomic E-state index is -0.669. The molecule has 31 heavy (non-hydrogen) atoms. The number of aryl methyl sites for hydroxylation is 1. The third kappa shape index (κ3) is 3.74. The molecule has 4 rings (SSSR count). The number of fused-ring (bicyclic) bond motifs is 1. The lowest BCUT2D eigenvalue weighted by Gasteiger charge is -2.22. The molecule has 1 aliphatic heterocycles. The first-order chi connectivity index (χ1) is 14.8. The average molecular weight is 419 g/mol. The van der Waals surface area contributed by atoms with E-state index in [0.717, 1.165) is 22.4 Å². The number of benzene rings is 1. The summed E-state index contributed by atoms with van der Waals surface area (Å²) in [5.74, 6) is 1.85. The molecular weight excluding hydrogens is 392 g/mol. The minimum Gasteiger partial charge on any atom is -0.383 e. The molecule has 0 saturated heterocycles. The Bertz CT molecular complexity index is 1110. The van der Waals surface area contributed by atoms with Crippen molar-refractivity contribution in [1.29, 1.82) is 0 Å². The second-order valence-corrected chi connectivity index (χ2v) is 8.17. The number of anilines is 3. The maximum Gasteiger partial charge on any atom is 0.242 e. The van der Waals surface area contributed by atoms with E-state index in [1.54, 1.807) is 36.8 Å². The molecule has 8 heteroatoms. The molecule has 0 fully saturated rings. The number of methoxy groups -OCH3 is 1. The summed E-state index contributed by atoms with van der Waals surface area (Å²) in [5.41, 5.74) is 2.92. The van der Waals surface area contributed by atoms with Crippen molar-refractivity contribution in [3.63, 3.8) is 0 Å². The molecule has 0 atom stereocenters. The average Bonchev–Trinajstić information content (AvgIpc) is 2.97. The van der Waals surface area contributed by atoms with E-state index in [2.05, 4.69) is 15.0 Å². The molecule has 1 aromatic carbocycles. The van der Waals surface area contributed by atoms with E-state index in [1.165, 1.54) is 0 Å². The van der Waals surface area contributed by atoms with E-state index in [9.17, 15) is 4.79 Å². The number of aromatic nitrogens is 4. The van der Waals surface area contributed by atoms with Gasteiger partial charge in [-0.3, -0.25) is 14.7 Å². The van der Waals surface area contributed by atoms with Gasteiger partial charge >= 0.3 is 0 Å². The molecule has 0 radical (unpaired) electrons. The second kappa shape index (κ2) is 8.03. The number of ether oxygens (including phenoxy) is 1. The van der Waals surface area contributed by atoms with Crippen LogP contribution in [0.5, 0.6) is 0 Å². The Hall–Kier alpha value is -3.39. The van der Waals surface area contributed by atoms with Crippen molar-refractivity contribution in [1.82, 2.24) is 19.9 Å². The number of likely N-dealkylation sites (N-methyl/N-ethyl adjacent to an activating group) is 1. The van der Waals surface area contributed by atoms with Gasteiger partial charge in [0.15, 0.2) is 5.82 Å². The smallest absolute Gasteiger partial charge is 0.242 e. The van der Waals surface area contributed by atoms with Gasteiger partial charge in [0.1, 0.15) is 11.6 Å². The quantitative estimate of drug-likeness (QED) is 0.607. The Morgan fingerprint density at radius 1 is 1.10 bits per heavy atom. The van der Waals surface area contributed by atoms with Gasteiger partial charge in [-0.1, -0.05) is 12.1 Å². The van der Waals surface area contributed by atoms with Crippen LogP contribution in [0, 0.1) is 6.92 Å². The Kier molecular flexibility index (Phi) is 5.41. The molecule has 0 spiro atoms. The van der Waals surface area contributed by atoms with Crippen molar-refractivity contribution in [2.75, 3.05) is 37.1 Å². The molecule has 8 nitrogen and oxygen atoms in total. The lowest BCUT2D eigenvalue weighted by molar-refractivity contribution is -0.121. The fraction of sp³-hybridized carbons (Fsp3) is 0.348. The zero-order chi connectivity index (χ0) is 22.2. The van der Waals surface area contributed by atoms with E-state index in [1.807, 2.05) is 50.9 Å². The zero-order valence-corrected chi connectivity index (χ0v) is 18.5. The van der Waals surface area contributed by atoms with Crippen LogP contribution >= 0.6 is 0 Å². The first-order valence-electron chi connectivity index (χ1n) is 10.1. The number of carbonyl (C=O) groups is 1. The van der Waals surface area contributed by atoms with Crippen LogP contribution in [0.4, 0.5) is 17.3 Å². The van der Waals surface area contributed by atoms with Crippen LogP contribution in [0.25, 0.3) is 11.1 Å². The van der Waals surface area contributed by atoms with Gasteiger partial charge in [-0.05, 0) is 38.0 Å². The molecule has 3 heterocycles. The topological polar surface area (TPSA) is 84.3 Å². The van der Waals surface area contributed by atoms with Gasteiger partial charge in [0.05, 0.1) is 30.1 Å². The predicted octanol–water partition coefficient (Wildman–Crippen LogP) is 3.28. The second-order valence-electron chi connectivity index (χ2n) is 8.17. The van der Waals surface area contributed by atoms with Crippen LogP contribution in [0.15, 0.2) is 43.0 Å². The fourth-order valence-electron chi connectivity index (χ4n) is 3.68. The van der Waals surface area contributed by atoms with E-state index < -0.39 is 5.41 Å². The Morgan fingerprint density at radius 2 is 1.84 bits per heavy atom. The monoisotopic (exact) mass is 418 g/mol. The molecule has 0 bridgehead atoms. The molecule has 0 saturated carbocycles. The molecule has 0 aliphatic carbocycles. The lowest BCUT2D eigenvalue weighted by Crippen LogP contribution is -2.34. The van der Waals surface area contributed by atoms with E-state index in [-0.39, 0.29) is 5.91 Å². The summed E-state index contributed by atoms with van der Waals surface area (Å²) in [6.07, 6.45) is 6.90. The predicted molar refractivity (Wildman–Crippen MR) is 120 cm³/mol. The Morgan fingerprint density at radius 3 is 2.55 bits per heavy atom. The number of hydrogen-bond acceptors (Lipinski definition) is 7. The van der Waals surface area contributed by atoms with Crippen LogP contribution in [-0.4, -0.2) is 53.2 Å². The molecule has 1 amide bonds. The van der Waals surface area contributed by atoms with Gasteiger partial charge in [0, 0.05) is 38.7 Å². The van der Waals surface area contributed by atoms with Crippen LogP contribution in [0.3, 0.4) is 0 Å². The minimum absolute atomic E-state index is 0.0363. The van der Waals surface area contributed by atoms with E-state index in [4.69, 9.17) is 9.72 Å². The van der Waals surface area contributed by atoms with Gasteiger partial charge in [-0.25, -0.2) is 15.0 Å². The first-order valence-corrected chi connectivity index (χ1v) is 10.1. The highest BCUT2D eigenvalue weighted by Gasteiger charge is 2.45. The normalized spacial score (nSPS) is 14.6. The molecule has 2 aromatic heterocycles. The maximum absolute atomic E-state index is 13.4. The molecular formula is C23H26N6O2. The standard InChI is InChI=1S/C23H26N6O2/c1-15-25-11-17(12-26-15)16-6-7-18-19(10-16)29(22(30)23(18,2)3)21-14-24-13-20(27-21)28(4)8-9-31-5/h6-7,10-14H,8-9H2,1-5H3. The third-order valence-electron chi connectivity index (χ3n) is 5.62. The number of amides is 1. The van der Waals surface area contributed by atoms with Crippen molar-refractivity contribution in [2.24, 2.45) is 0 Å². The van der Waals surface area contributed by atoms with Crippen LogP contribution in [0.1, 0.15) is 25.2 Å². The summed E-state index contributed by atoms with van der Waals surface area (Å²) >= 11 is 0. The number of rotatable bonds is 6. The van der Waals surface area contributed by atoms with Gasteiger partial charge in [0.2, 0.25) is 5.91 Å². The summed E-state index contributed by atoms with van der Waals surface area (Å²) in [7, 11) is 3.58. The summed E-state index contributed by atoms with van der Waals surface area (Å²) in [6, 6.07) is 6.01. The summed E-state index contributed by atoms with van der Waals surface area (Å²) in [4.78, 5) is 34.7. The number of hydrogen-bond donors (Lipinski definition) is 0. The van der Waals surface area contributed by atoms with Crippen LogP contribution in [-0.2, 0) is 14.9 Å². The maximum atomic E-state index is 13.4. The van der Waals surface area contributed by atoms with Crippen LogP contribution in [0.2, 0.25) is 0 Å². The molecule has 0 unspecified atom stereocenters. The number of carbonyl (C=O) groups excluding carboxylic acids is 1. The highest BCUT2D eigenvalue weighted by Crippen LogP contribution is 2.46. The summed E-state index contributed by atoms with van der Waals surface area (Å²) in [6.45, 7) is 6.96. The molecule has 0 N–H and O–H groups in total. The van der Waals surface area contributed by atoms with E-state index >= 15 is 0 Å². The SMILES string of the molecule is COCCN(C)c1cncc(N2C(=O)C(C)(C)c3ccc(-c4cnc(C)nc4)cc32)n1. The Balaban J connectivity index is 1.78. The van der Waals surface area contributed by atoms with Crippen LogP contribution < -0.4 is 9.80 Å². The summed E-state index contributed by atoms with van der Waals surface area (Å²) in [5, 5.41) is 0. The van der Waals surface area contributed by atoms with Crippen molar-refractivity contribution in [2.45, 2.75) is 26.2 Å². The largest absolute Gasteiger partial charge is 0.383 e. The first kappa shape index (κ1) is 20.9. The van der Waals surface area contributed by atoms with Crippen molar-refractivity contribution in [3.05, 3.63) is 54.4 Å². The molecule has 1 aliphatic rings. The third-order valence-corrected chi connectivity index (χ3v) is 5.62. The van der Waals surface area contributed by atoms with Gasteiger partial charge in [-0.15, -0.1) is 0 Å². The van der Waals surface area contributed by atoms with E-state index in [0.29, 0.717) is 30.6 Å². The highest BCUT2D eigenvalue weighted by molar-refractivity contribution is 6.12. The molecule has 3 aromatic rings. The van der Waals surface area contributed by atoms with Gasteiger partial charge in [-0.2, -0.15) is 0 Å².